The normalized spacial score (nSPS) is 11.0. The molecule has 0 aliphatic rings. The summed E-state index contributed by atoms with van der Waals surface area (Å²) in [6.45, 7) is 2.86. The van der Waals surface area contributed by atoms with E-state index in [2.05, 4.69) is 5.10 Å². The SMILES string of the molecule is CC(=O)c1cc(C(C)=O)cc(-c2nn(-c3c(Cl)cccc3Cl)c(=O)c3ccccc23)c1. The van der Waals surface area contributed by atoms with E-state index in [0.29, 0.717) is 33.2 Å². The highest BCUT2D eigenvalue weighted by Crippen LogP contribution is 2.31. The number of halogens is 2. The minimum absolute atomic E-state index is 0.184. The van der Waals surface area contributed by atoms with Gasteiger partial charge in [0, 0.05) is 22.1 Å². The number of rotatable bonds is 4. The van der Waals surface area contributed by atoms with Gasteiger partial charge >= 0.3 is 0 Å². The molecule has 0 N–H and O–H groups in total. The van der Waals surface area contributed by atoms with E-state index < -0.39 is 0 Å². The number of fused-ring (bicyclic) bond motifs is 1. The molecule has 4 aromatic rings. The summed E-state index contributed by atoms with van der Waals surface area (Å²) in [6.07, 6.45) is 0. The van der Waals surface area contributed by atoms with E-state index in [9.17, 15) is 14.4 Å². The summed E-state index contributed by atoms with van der Waals surface area (Å²) >= 11 is 12.7. The van der Waals surface area contributed by atoms with Crippen LogP contribution >= 0.6 is 23.2 Å². The van der Waals surface area contributed by atoms with E-state index in [-0.39, 0.29) is 32.9 Å². The number of para-hydroxylation sites is 1. The Kier molecular flexibility index (Phi) is 5.48. The van der Waals surface area contributed by atoms with E-state index in [1.807, 2.05) is 0 Å². The standard InChI is InChI=1S/C24H16Cl2N2O3/c1-13(29)15-10-16(14(2)30)12-17(11-15)22-18-6-3-4-7-19(18)24(31)28(27-22)23-20(25)8-5-9-21(23)26/h3-12H,1-2H3. The molecule has 1 aromatic heterocycles. The first-order chi connectivity index (χ1) is 14.8. The van der Waals surface area contributed by atoms with E-state index in [0.717, 1.165) is 4.68 Å². The van der Waals surface area contributed by atoms with Gasteiger partial charge in [-0.1, -0.05) is 47.5 Å². The van der Waals surface area contributed by atoms with Crippen LogP contribution in [0.25, 0.3) is 27.7 Å². The molecular formula is C24H16Cl2N2O3. The van der Waals surface area contributed by atoms with Crippen molar-refractivity contribution < 1.29 is 9.59 Å². The molecule has 0 fully saturated rings. The number of aromatic nitrogens is 2. The Hall–Kier alpha value is -3.28. The molecule has 7 heteroatoms. The average molecular weight is 451 g/mol. The van der Waals surface area contributed by atoms with Crippen LogP contribution in [0, 0.1) is 0 Å². The fourth-order valence-corrected chi connectivity index (χ4v) is 3.97. The topological polar surface area (TPSA) is 69.0 Å². The van der Waals surface area contributed by atoms with Crippen molar-refractivity contribution in [3.63, 3.8) is 0 Å². The van der Waals surface area contributed by atoms with Crippen LogP contribution in [0.15, 0.2) is 65.5 Å². The summed E-state index contributed by atoms with van der Waals surface area (Å²) in [4.78, 5) is 37.4. The predicted molar refractivity (Wildman–Crippen MR) is 123 cm³/mol. The fourth-order valence-electron chi connectivity index (χ4n) is 3.42. The highest BCUT2D eigenvalue weighted by Gasteiger charge is 2.18. The molecule has 0 radical (unpaired) electrons. The van der Waals surface area contributed by atoms with Crippen molar-refractivity contribution in [3.8, 4) is 16.9 Å². The van der Waals surface area contributed by atoms with Crippen LogP contribution in [-0.2, 0) is 0 Å². The minimum atomic E-state index is -0.385. The Morgan fingerprint density at radius 1 is 0.806 bits per heavy atom. The van der Waals surface area contributed by atoms with Crippen LogP contribution in [-0.4, -0.2) is 21.3 Å². The second kappa shape index (κ2) is 8.10. The van der Waals surface area contributed by atoms with Crippen LogP contribution in [0.4, 0.5) is 0 Å². The van der Waals surface area contributed by atoms with Gasteiger partial charge < -0.3 is 0 Å². The number of ketones is 2. The zero-order chi connectivity index (χ0) is 22.3. The third kappa shape index (κ3) is 3.78. The highest BCUT2D eigenvalue weighted by molar-refractivity contribution is 6.37. The predicted octanol–water partition coefficient (Wildman–Crippen LogP) is 5.76. The maximum atomic E-state index is 13.2. The van der Waals surface area contributed by atoms with Crippen molar-refractivity contribution in [2.45, 2.75) is 13.8 Å². The van der Waals surface area contributed by atoms with Gasteiger partial charge in [-0.3, -0.25) is 14.4 Å². The molecule has 0 unspecified atom stereocenters. The first kappa shape index (κ1) is 21.0. The smallest absolute Gasteiger partial charge is 0.279 e. The van der Waals surface area contributed by atoms with Gasteiger partial charge in [-0.2, -0.15) is 9.78 Å². The van der Waals surface area contributed by atoms with Gasteiger partial charge in [-0.05, 0) is 50.2 Å². The third-order valence-electron chi connectivity index (χ3n) is 4.97. The van der Waals surface area contributed by atoms with Gasteiger partial charge in [0.25, 0.3) is 5.56 Å². The van der Waals surface area contributed by atoms with Gasteiger partial charge in [0.15, 0.2) is 11.6 Å². The molecule has 3 aromatic carbocycles. The molecule has 0 aliphatic carbocycles. The van der Waals surface area contributed by atoms with Crippen LogP contribution in [0.2, 0.25) is 10.0 Å². The fraction of sp³-hybridized carbons (Fsp3) is 0.0833. The molecule has 4 rings (SSSR count). The lowest BCUT2D eigenvalue weighted by atomic mass is 9.97. The Balaban J connectivity index is 2.13. The third-order valence-corrected chi connectivity index (χ3v) is 5.58. The van der Waals surface area contributed by atoms with Crippen molar-refractivity contribution in [2.24, 2.45) is 0 Å². The number of hydrogen-bond donors (Lipinski definition) is 0. The van der Waals surface area contributed by atoms with Crippen LogP contribution in [0.3, 0.4) is 0 Å². The van der Waals surface area contributed by atoms with Gasteiger partial charge in [-0.25, -0.2) is 0 Å². The van der Waals surface area contributed by atoms with Crippen molar-refractivity contribution in [1.29, 1.82) is 0 Å². The number of hydrogen-bond acceptors (Lipinski definition) is 4. The Bertz CT molecular complexity index is 1390. The molecule has 1 heterocycles. The molecule has 154 valence electrons. The van der Waals surface area contributed by atoms with Crippen molar-refractivity contribution in [3.05, 3.63) is 92.2 Å². The summed E-state index contributed by atoms with van der Waals surface area (Å²) in [6, 6.07) is 16.8. The zero-order valence-electron chi connectivity index (χ0n) is 16.6. The Morgan fingerprint density at radius 2 is 1.35 bits per heavy atom. The first-order valence-electron chi connectivity index (χ1n) is 9.41. The maximum absolute atomic E-state index is 13.2. The summed E-state index contributed by atoms with van der Waals surface area (Å²) in [5, 5.41) is 6.10. The number of nitrogens with zero attached hydrogens (tertiary/aromatic N) is 2. The average Bonchev–Trinajstić information content (AvgIpc) is 2.74. The first-order valence-corrected chi connectivity index (χ1v) is 10.2. The Morgan fingerprint density at radius 3 is 1.90 bits per heavy atom. The number of Topliss-reactive ketones (excluding diaryl/α,β-unsaturated/α-hetero) is 2. The largest absolute Gasteiger partial charge is 0.295 e. The van der Waals surface area contributed by atoms with Crippen LogP contribution in [0.5, 0.6) is 0 Å². The van der Waals surface area contributed by atoms with Gasteiger partial charge in [0.1, 0.15) is 5.69 Å². The molecule has 0 saturated heterocycles. The highest BCUT2D eigenvalue weighted by atomic mass is 35.5. The number of carbonyl (C=O) groups excluding carboxylic acids is 2. The molecule has 0 spiro atoms. The molecule has 0 atom stereocenters. The number of carbonyl (C=O) groups is 2. The van der Waals surface area contributed by atoms with E-state index in [1.165, 1.54) is 13.8 Å². The van der Waals surface area contributed by atoms with Gasteiger partial charge in [-0.15, -0.1) is 0 Å². The molecule has 0 bridgehead atoms. The van der Waals surface area contributed by atoms with E-state index in [4.69, 9.17) is 23.2 Å². The van der Waals surface area contributed by atoms with E-state index >= 15 is 0 Å². The second-order valence-corrected chi connectivity index (χ2v) is 7.91. The van der Waals surface area contributed by atoms with Gasteiger partial charge in [0.2, 0.25) is 0 Å². The maximum Gasteiger partial charge on any atom is 0.279 e. The number of benzene rings is 3. The van der Waals surface area contributed by atoms with Crippen LogP contribution < -0.4 is 5.56 Å². The summed E-state index contributed by atoms with van der Waals surface area (Å²) in [5.74, 6) is -0.368. The minimum Gasteiger partial charge on any atom is -0.295 e. The monoisotopic (exact) mass is 450 g/mol. The summed E-state index contributed by atoms with van der Waals surface area (Å²) in [7, 11) is 0. The molecule has 5 nitrogen and oxygen atoms in total. The lowest BCUT2D eigenvalue weighted by Crippen LogP contribution is -2.23. The van der Waals surface area contributed by atoms with Gasteiger partial charge in [0.05, 0.1) is 21.1 Å². The molecule has 0 saturated carbocycles. The lowest BCUT2D eigenvalue weighted by Gasteiger charge is -2.14. The van der Waals surface area contributed by atoms with Crippen molar-refractivity contribution in [2.75, 3.05) is 0 Å². The van der Waals surface area contributed by atoms with Crippen molar-refractivity contribution >= 4 is 45.5 Å². The van der Waals surface area contributed by atoms with Crippen molar-refractivity contribution in [1.82, 2.24) is 9.78 Å². The quantitative estimate of drug-likeness (QED) is 0.370. The Labute approximate surface area is 187 Å². The zero-order valence-corrected chi connectivity index (χ0v) is 18.2. The lowest BCUT2D eigenvalue weighted by molar-refractivity contribution is 0.101. The molecule has 0 aliphatic heterocycles. The van der Waals surface area contributed by atoms with Crippen LogP contribution in [0.1, 0.15) is 34.6 Å². The summed E-state index contributed by atoms with van der Waals surface area (Å²) in [5.41, 5.74) is 1.59. The molecule has 0 amide bonds. The second-order valence-electron chi connectivity index (χ2n) is 7.09. The molecule has 31 heavy (non-hydrogen) atoms. The van der Waals surface area contributed by atoms with E-state index in [1.54, 1.807) is 60.7 Å². The summed E-state index contributed by atoms with van der Waals surface area (Å²) < 4.78 is 1.16. The molecular weight excluding hydrogens is 435 g/mol.